The Hall–Kier alpha value is -4.16. The second kappa shape index (κ2) is 11.5. The fourth-order valence-corrected chi connectivity index (χ4v) is 4.00. The van der Waals surface area contributed by atoms with Crippen LogP contribution >= 0.6 is 0 Å². The van der Waals surface area contributed by atoms with Crippen molar-refractivity contribution in [3.05, 3.63) is 118 Å². The summed E-state index contributed by atoms with van der Waals surface area (Å²) in [5.74, 6) is 6.76. The predicted octanol–water partition coefficient (Wildman–Crippen LogP) is 8.81. The average molecular weight is 521 g/mol. The minimum absolute atomic E-state index is 0.0592. The van der Waals surface area contributed by atoms with Crippen molar-refractivity contribution >= 4 is 10.8 Å². The third kappa shape index (κ3) is 6.39. The molecule has 0 aliphatic heterocycles. The number of fused-ring (bicyclic) bond motifs is 1. The molecule has 0 aromatic heterocycles. The van der Waals surface area contributed by atoms with Crippen LogP contribution in [0.25, 0.3) is 10.8 Å². The fraction of sp³-hybridized carbons (Fsp3) is 0.188. The van der Waals surface area contributed by atoms with Gasteiger partial charge in [0.1, 0.15) is 23.0 Å². The van der Waals surface area contributed by atoms with Crippen LogP contribution in [0.3, 0.4) is 0 Å². The number of unbranched alkanes of at least 4 members (excludes halogenated alkanes) is 2. The first kappa shape index (κ1) is 26.9. The molecule has 0 aliphatic carbocycles. The number of alkyl halides is 3. The summed E-state index contributed by atoms with van der Waals surface area (Å²) in [5.41, 5.74) is 0.454. The van der Waals surface area contributed by atoms with Gasteiger partial charge < -0.3 is 0 Å². The van der Waals surface area contributed by atoms with Gasteiger partial charge in [-0.1, -0.05) is 67.7 Å². The minimum Gasteiger partial charge on any atom is -0.206 e. The molecule has 4 rings (SSSR count). The van der Waals surface area contributed by atoms with Gasteiger partial charge in [-0.3, -0.25) is 0 Å². The molecule has 4 aromatic carbocycles. The van der Waals surface area contributed by atoms with E-state index in [1.807, 2.05) is 12.1 Å². The van der Waals surface area contributed by atoms with Gasteiger partial charge in [-0.25, -0.2) is 13.2 Å². The Bertz CT molecular complexity index is 1570. The number of benzene rings is 4. The maximum Gasteiger partial charge on any atom is 0.422 e. The normalized spacial score (nSPS) is 11.0. The average Bonchev–Trinajstić information content (AvgIpc) is 2.87. The molecule has 4 aromatic rings. The Morgan fingerprint density at radius 3 is 1.95 bits per heavy atom. The number of hydrogen-bond acceptors (Lipinski definition) is 0. The lowest BCUT2D eigenvalue weighted by atomic mass is 10.0. The highest BCUT2D eigenvalue weighted by atomic mass is 19.4. The van der Waals surface area contributed by atoms with Crippen LogP contribution in [0.2, 0.25) is 0 Å². The van der Waals surface area contributed by atoms with E-state index in [4.69, 9.17) is 0 Å². The summed E-state index contributed by atoms with van der Waals surface area (Å²) < 4.78 is 80.9. The summed E-state index contributed by atoms with van der Waals surface area (Å²) in [7, 11) is 0. The highest BCUT2D eigenvalue weighted by molar-refractivity contribution is 5.86. The number of rotatable bonds is 4. The van der Waals surface area contributed by atoms with Crippen molar-refractivity contribution in [1.82, 2.24) is 0 Å². The number of hydrogen-bond donors (Lipinski definition) is 0. The monoisotopic (exact) mass is 520 g/mol. The van der Waals surface area contributed by atoms with Crippen LogP contribution in [0, 0.1) is 41.1 Å². The summed E-state index contributed by atoms with van der Waals surface area (Å²) >= 11 is 0. The molecule has 192 valence electrons. The lowest BCUT2D eigenvalue weighted by molar-refractivity contribution is -0.142. The fourth-order valence-electron chi connectivity index (χ4n) is 4.00. The van der Waals surface area contributed by atoms with Crippen LogP contribution in [-0.4, -0.2) is 0 Å². The van der Waals surface area contributed by atoms with Gasteiger partial charge in [-0.05, 0) is 66.3 Å². The summed E-state index contributed by atoms with van der Waals surface area (Å²) in [6.07, 6.45) is -0.584. The number of aryl methyl sites for hydroxylation is 1. The van der Waals surface area contributed by atoms with E-state index in [0.717, 1.165) is 18.4 Å². The van der Waals surface area contributed by atoms with Crippen molar-refractivity contribution in [1.29, 1.82) is 0 Å². The predicted molar refractivity (Wildman–Crippen MR) is 137 cm³/mol. The van der Waals surface area contributed by atoms with Crippen LogP contribution in [0.5, 0.6) is 0 Å². The molecule has 0 saturated carbocycles. The van der Waals surface area contributed by atoms with Gasteiger partial charge in [0, 0.05) is 22.1 Å². The van der Waals surface area contributed by atoms with Crippen molar-refractivity contribution in [2.75, 3.05) is 0 Å². The van der Waals surface area contributed by atoms with E-state index in [0.29, 0.717) is 23.1 Å². The SMILES string of the molecule is CCCCCc1ccc(C#Cc2ccc3c(F)c(C#Cc4cc(F)c(C(F)(F)F)c(F)c4)ccc3c2)cc1. The van der Waals surface area contributed by atoms with Crippen LogP contribution in [-0.2, 0) is 12.6 Å². The van der Waals surface area contributed by atoms with Crippen molar-refractivity contribution < 1.29 is 26.3 Å². The highest BCUT2D eigenvalue weighted by Crippen LogP contribution is 2.34. The van der Waals surface area contributed by atoms with E-state index in [9.17, 15) is 22.0 Å². The van der Waals surface area contributed by atoms with Crippen LogP contribution < -0.4 is 0 Å². The Morgan fingerprint density at radius 2 is 1.29 bits per heavy atom. The Labute approximate surface area is 217 Å². The van der Waals surface area contributed by atoms with E-state index < -0.39 is 29.2 Å². The van der Waals surface area contributed by atoms with E-state index in [1.54, 1.807) is 24.3 Å². The zero-order valence-corrected chi connectivity index (χ0v) is 20.4. The largest absolute Gasteiger partial charge is 0.422 e. The van der Waals surface area contributed by atoms with Crippen molar-refractivity contribution in [3.63, 3.8) is 0 Å². The third-order valence-corrected chi connectivity index (χ3v) is 6.00. The lowest BCUT2D eigenvalue weighted by Crippen LogP contribution is -2.11. The molecule has 0 amide bonds. The van der Waals surface area contributed by atoms with Gasteiger partial charge >= 0.3 is 6.18 Å². The zero-order chi connectivity index (χ0) is 27.3. The third-order valence-electron chi connectivity index (χ3n) is 6.00. The quantitative estimate of drug-likeness (QED) is 0.143. The summed E-state index contributed by atoms with van der Waals surface area (Å²) in [4.78, 5) is 0. The molecule has 0 fully saturated rings. The zero-order valence-electron chi connectivity index (χ0n) is 20.4. The first-order chi connectivity index (χ1) is 18.2. The molecular weight excluding hydrogens is 498 g/mol. The van der Waals surface area contributed by atoms with Gasteiger partial charge in [0.2, 0.25) is 0 Å². The van der Waals surface area contributed by atoms with E-state index in [-0.39, 0.29) is 16.5 Å². The number of halogens is 6. The summed E-state index contributed by atoms with van der Waals surface area (Å²) in [5, 5.41) is 0.848. The minimum atomic E-state index is -5.17. The van der Waals surface area contributed by atoms with Gasteiger partial charge in [-0.15, -0.1) is 0 Å². The molecule has 0 nitrogen and oxygen atoms in total. The summed E-state index contributed by atoms with van der Waals surface area (Å²) in [6.45, 7) is 2.17. The molecule has 0 bridgehead atoms. The topological polar surface area (TPSA) is 0 Å². The molecule has 0 N–H and O–H groups in total. The van der Waals surface area contributed by atoms with Crippen LogP contribution in [0.15, 0.2) is 66.7 Å². The molecule has 0 radical (unpaired) electrons. The summed E-state index contributed by atoms with van der Waals surface area (Å²) in [6, 6.07) is 17.1. The molecule has 0 unspecified atom stereocenters. The Kier molecular flexibility index (Phi) is 8.13. The van der Waals surface area contributed by atoms with Crippen LogP contribution in [0.4, 0.5) is 26.3 Å². The lowest BCUT2D eigenvalue weighted by Gasteiger charge is -2.09. The van der Waals surface area contributed by atoms with Crippen LogP contribution in [0.1, 0.15) is 59.6 Å². The Balaban J connectivity index is 1.54. The molecule has 0 spiro atoms. The smallest absolute Gasteiger partial charge is 0.206 e. The van der Waals surface area contributed by atoms with Crippen molar-refractivity contribution in [2.45, 2.75) is 38.8 Å². The van der Waals surface area contributed by atoms with Gasteiger partial charge in [0.25, 0.3) is 0 Å². The first-order valence-electron chi connectivity index (χ1n) is 12.1. The highest BCUT2D eigenvalue weighted by Gasteiger charge is 2.37. The van der Waals surface area contributed by atoms with Crippen molar-refractivity contribution in [2.24, 2.45) is 0 Å². The van der Waals surface area contributed by atoms with E-state index in [2.05, 4.69) is 42.7 Å². The van der Waals surface area contributed by atoms with E-state index in [1.165, 1.54) is 24.5 Å². The molecular formula is C32H22F6. The van der Waals surface area contributed by atoms with Gasteiger partial charge in [0.05, 0.1) is 5.56 Å². The molecule has 38 heavy (non-hydrogen) atoms. The van der Waals surface area contributed by atoms with Gasteiger partial charge in [-0.2, -0.15) is 13.2 Å². The first-order valence-corrected chi connectivity index (χ1v) is 12.1. The van der Waals surface area contributed by atoms with E-state index >= 15 is 4.39 Å². The molecule has 0 saturated heterocycles. The Morgan fingerprint density at radius 1 is 0.658 bits per heavy atom. The molecule has 6 heteroatoms. The maximum absolute atomic E-state index is 15.0. The van der Waals surface area contributed by atoms with Gasteiger partial charge in [0.15, 0.2) is 0 Å². The second-order valence-electron chi connectivity index (χ2n) is 8.83. The standard InChI is InChI=1S/C32H22F6/c1-2-3-4-5-21-6-8-22(9-7-21)10-11-23-13-17-27-26(18-23)16-15-25(31(27)35)14-12-24-19-28(33)30(29(34)20-24)32(36,37)38/h6-9,13,15-20H,2-5H2,1H3. The van der Waals surface area contributed by atoms with Crippen molar-refractivity contribution in [3.8, 4) is 23.7 Å². The molecule has 0 heterocycles. The molecule has 0 aliphatic rings. The second-order valence-corrected chi connectivity index (χ2v) is 8.83. The molecule has 0 atom stereocenters. The maximum atomic E-state index is 15.0.